The lowest BCUT2D eigenvalue weighted by Crippen LogP contribution is -2.13. The fraction of sp³-hybridized carbons (Fsp3) is 0.0556. The van der Waals surface area contributed by atoms with Crippen molar-refractivity contribution in [3.8, 4) is 5.75 Å². The first-order chi connectivity index (χ1) is 12.4. The minimum Gasteiger partial charge on any atom is -0.487 e. The average molecular weight is 498 g/mol. The Morgan fingerprint density at radius 2 is 1.85 bits per heavy atom. The Morgan fingerprint density at radius 3 is 2.62 bits per heavy atom. The van der Waals surface area contributed by atoms with Crippen LogP contribution in [0.1, 0.15) is 5.69 Å². The molecule has 0 atom stereocenters. The van der Waals surface area contributed by atoms with E-state index in [4.69, 9.17) is 4.74 Å². The summed E-state index contributed by atoms with van der Waals surface area (Å²) in [6.45, 7) is 0.300. The molecule has 134 valence electrons. The fourth-order valence-corrected chi connectivity index (χ4v) is 4.74. The maximum atomic E-state index is 12.7. The van der Waals surface area contributed by atoms with Crippen molar-refractivity contribution in [2.75, 3.05) is 4.72 Å². The molecule has 0 bridgehead atoms. The van der Waals surface area contributed by atoms with Gasteiger partial charge in [-0.25, -0.2) is 8.42 Å². The van der Waals surface area contributed by atoms with Crippen LogP contribution < -0.4 is 9.46 Å². The molecule has 26 heavy (non-hydrogen) atoms. The second kappa shape index (κ2) is 8.20. The van der Waals surface area contributed by atoms with E-state index >= 15 is 0 Å². The molecule has 2 aromatic carbocycles. The molecular weight excluding hydrogens is 484 g/mol. The first-order valence-corrected chi connectivity index (χ1v) is 10.6. The van der Waals surface area contributed by atoms with Crippen LogP contribution in [0.4, 0.5) is 5.69 Å². The van der Waals surface area contributed by atoms with Gasteiger partial charge in [0, 0.05) is 21.2 Å². The molecule has 0 saturated heterocycles. The van der Waals surface area contributed by atoms with Gasteiger partial charge in [-0.2, -0.15) is 0 Å². The van der Waals surface area contributed by atoms with Gasteiger partial charge in [0.25, 0.3) is 10.0 Å². The van der Waals surface area contributed by atoms with Crippen LogP contribution in [0, 0.1) is 0 Å². The number of hydrogen-bond acceptors (Lipinski definition) is 4. The largest absolute Gasteiger partial charge is 0.487 e. The van der Waals surface area contributed by atoms with Gasteiger partial charge in [0.05, 0.1) is 11.4 Å². The molecule has 3 rings (SSSR count). The summed E-state index contributed by atoms with van der Waals surface area (Å²) in [5.74, 6) is 0.546. The van der Waals surface area contributed by atoms with Crippen molar-refractivity contribution in [2.24, 2.45) is 0 Å². The molecule has 0 fully saturated rings. The lowest BCUT2D eigenvalue weighted by molar-refractivity contribution is 0.301. The van der Waals surface area contributed by atoms with Gasteiger partial charge in [0.2, 0.25) is 0 Å². The van der Waals surface area contributed by atoms with Crippen molar-refractivity contribution in [1.29, 1.82) is 0 Å². The highest BCUT2D eigenvalue weighted by molar-refractivity contribution is 9.11. The van der Waals surface area contributed by atoms with Gasteiger partial charge in [-0.15, -0.1) is 0 Å². The van der Waals surface area contributed by atoms with Gasteiger partial charge in [0.15, 0.2) is 0 Å². The molecule has 0 saturated carbocycles. The molecule has 0 aliphatic carbocycles. The molecule has 3 aromatic rings. The summed E-state index contributed by atoms with van der Waals surface area (Å²) in [5.41, 5.74) is 1.20. The number of sulfonamides is 1. The van der Waals surface area contributed by atoms with Crippen LogP contribution in [0.3, 0.4) is 0 Å². The second-order valence-electron chi connectivity index (χ2n) is 5.32. The Kier molecular flexibility index (Phi) is 5.95. The number of anilines is 1. The molecule has 0 aliphatic rings. The van der Waals surface area contributed by atoms with Gasteiger partial charge >= 0.3 is 0 Å². The Morgan fingerprint density at radius 1 is 1.00 bits per heavy atom. The summed E-state index contributed by atoms with van der Waals surface area (Å²) >= 11 is 6.56. The number of rotatable bonds is 6. The van der Waals surface area contributed by atoms with Gasteiger partial charge < -0.3 is 4.74 Å². The van der Waals surface area contributed by atoms with Crippen LogP contribution in [-0.2, 0) is 16.6 Å². The molecule has 1 N–H and O–H groups in total. The third-order valence-corrected chi connectivity index (χ3v) is 6.25. The summed E-state index contributed by atoms with van der Waals surface area (Å²) in [6, 6.07) is 17.3. The normalized spacial score (nSPS) is 11.2. The predicted molar refractivity (Wildman–Crippen MR) is 108 cm³/mol. The molecule has 0 unspecified atom stereocenters. The lowest BCUT2D eigenvalue weighted by atomic mass is 10.3. The number of nitrogens with zero attached hydrogens (tertiary/aromatic N) is 1. The van der Waals surface area contributed by atoms with E-state index in [2.05, 4.69) is 41.6 Å². The predicted octanol–water partition coefficient (Wildman–Crippen LogP) is 4.99. The van der Waals surface area contributed by atoms with Crippen molar-refractivity contribution in [3.05, 3.63) is 81.5 Å². The minimum atomic E-state index is -3.75. The lowest BCUT2D eigenvalue weighted by Gasteiger charge is -2.12. The monoisotopic (exact) mass is 496 g/mol. The van der Waals surface area contributed by atoms with Crippen molar-refractivity contribution in [2.45, 2.75) is 11.5 Å². The summed E-state index contributed by atoms with van der Waals surface area (Å²) in [7, 11) is -3.75. The molecule has 1 aromatic heterocycles. The molecule has 0 radical (unpaired) electrons. The standard InChI is InChI=1S/C18H14Br2N2O3S/c19-13-7-8-17(20)18(10-13)26(23,24)22-14-5-3-6-16(11-14)25-12-15-4-1-2-9-21-15/h1-11,22H,12H2. The van der Waals surface area contributed by atoms with Gasteiger partial charge in [0.1, 0.15) is 17.3 Å². The SMILES string of the molecule is O=S(=O)(Nc1cccc(OCc2ccccn2)c1)c1cc(Br)ccc1Br. The Hall–Kier alpha value is -1.90. The van der Waals surface area contributed by atoms with Crippen molar-refractivity contribution in [3.63, 3.8) is 0 Å². The van der Waals surface area contributed by atoms with Gasteiger partial charge in [-0.3, -0.25) is 9.71 Å². The number of nitrogens with one attached hydrogen (secondary N) is 1. The third-order valence-electron chi connectivity index (χ3n) is 3.38. The van der Waals surface area contributed by atoms with E-state index in [1.807, 2.05) is 18.2 Å². The number of aromatic nitrogens is 1. The smallest absolute Gasteiger partial charge is 0.263 e. The second-order valence-corrected chi connectivity index (χ2v) is 8.74. The van der Waals surface area contributed by atoms with E-state index in [9.17, 15) is 8.42 Å². The first-order valence-electron chi connectivity index (χ1n) is 7.55. The summed E-state index contributed by atoms with van der Waals surface area (Å²) in [4.78, 5) is 4.33. The number of benzene rings is 2. The zero-order valence-corrected chi connectivity index (χ0v) is 17.4. The van der Waals surface area contributed by atoms with E-state index in [1.165, 1.54) is 6.07 Å². The number of ether oxygens (including phenoxy) is 1. The Bertz CT molecular complexity index is 1010. The highest BCUT2D eigenvalue weighted by Crippen LogP contribution is 2.28. The number of halogens is 2. The van der Waals surface area contributed by atoms with Crippen LogP contribution in [0.2, 0.25) is 0 Å². The number of hydrogen-bond donors (Lipinski definition) is 1. The Balaban J connectivity index is 1.76. The summed E-state index contributed by atoms with van der Waals surface area (Å²) < 4.78 is 34.7. The van der Waals surface area contributed by atoms with Crippen LogP contribution in [-0.4, -0.2) is 13.4 Å². The quantitative estimate of drug-likeness (QED) is 0.521. The summed E-state index contributed by atoms with van der Waals surface area (Å²) in [6.07, 6.45) is 1.69. The minimum absolute atomic E-state index is 0.145. The first kappa shape index (κ1) is 18.9. The van der Waals surface area contributed by atoms with Crippen molar-refractivity contribution < 1.29 is 13.2 Å². The van der Waals surface area contributed by atoms with Crippen LogP contribution in [0.5, 0.6) is 5.75 Å². The van der Waals surface area contributed by atoms with Crippen molar-refractivity contribution in [1.82, 2.24) is 4.98 Å². The molecule has 1 heterocycles. The van der Waals surface area contributed by atoms with Gasteiger partial charge in [-0.1, -0.05) is 28.1 Å². The topological polar surface area (TPSA) is 68.3 Å². The van der Waals surface area contributed by atoms with E-state index < -0.39 is 10.0 Å². The highest BCUT2D eigenvalue weighted by Gasteiger charge is 2.18. The highest BCUT2D eigenvalue weighted by atomic mass is 79.9. The number of pyridine rings is 1. The molecule has 0 amide bonds. The molecule has 0 aliphatic heterocycles. The van der Waals surface area contributed by atoms with Crippen LogP contribution in [0.15, 0.2) is 80.7 Å². The molecular formula is C18H14Br2N2O3S. The Labute approximate surface area is 168 Å². The van der Waals surface area contributed by atoms with E-state index in [0.717, 1.165) is 5.69 Å². The zero-order valence-electron chi connectivity index (χ0n) is 13.4. The fourth-order valence-electron chi connectivity index (χ4n) is 2.18. The van der Waals surface area contributed by atoms with E-state index in [-0.39, 0.29) is 4.90 Å². The van der Waals surface area contributed by atoms with Gasteiger partial charge in [-0.05, 0) is 58.4 Å². The molecule has 5 nitrogen and oxygen atoms in total. The van der Waals surface area contributed by atoms with Crippen LogP contribution >= 0.6 is 31.9 Å². The molecule has 0 spiro atoms. The van der Waals surface area contributed by atoms with E-state index in [1.54, 1.807) is 42.6 Å². The summed E-state index contributed by atoms with van der Waals surface area (Å²) in [5, 5.41) is 0. The maximum Gasteiger partial charge on any atom is 0.263 e. The average Bonchev–Trinajstić information content (AvgIpc) is 2.63. The third kappa shape index (κ3) is 4.84. The molecule has 8 heteroatoms. The zero-order chi connectivity index (χ0) is 18.6. The van der Waals surface area contributed by atoms with Crippen molar-refractivity contribution >= 4 is 47.6 Å². The maximum absolute atomic E-state index is 12.7. The van der Waals surface area contributed by atoms with E-state index in [0.29, 0.717) is 27.0 Å². The van der Waals surface area contributed by atoms with Crippen LogP contribution in [0.25, 0.3) is 0 Å².